The van der Waals surface area contributed by atoms with Gasteiger partial charge in [0.05, 0.1) is 17.6 Å². The van der Waals surface area contributed by atoms with Gasteiger partial charge < -0.3 is 15.3 Å². The number of nitrogens with one attached hydrogen (secondary N) is 1. The first-order valence-corrected chi connectivity index (χ1v) is 10.5. The van der Waals surface area contributed by atoms with Gasteiger partial charge in [0.25, 0.3) is 0 Å². The first-order chi connectivity index (χ1) is 10.8. The molecule has 2 N–H and O–H groups in total. The molecule has 3 unspecified atom stereocenters. The highest BCUT2D eigenvalue weighted by Gasteiger charge is 2.30. The summed E-state index contributed by atoms with van der Waals surface area (Å²) in [5.74, 6) is 2.41. The van der Waals surface area contributed by atoms with Crippen molar-refractivity contribution in [2.75, 3.05) is 37.7 Å². The van der Waals surface area contributed by atoms with Gasteiger partial charge in [0.2, 0.25) is 0 Å². The summed E-state index contributed by atoms with van der Waals surface area (Å²) < 4.78 is 23.2. The van der Waals surface area contributed by atoms with Crippen molar-refractivity contribution in [2.24, 2.45) is 22.7 Å². The predicted octanol–water partition coefficient (Wildman–Crippen LogP) is 1.34. The van der Waals surface area contributed by atoms with E-state index in [-0.39, 0.29) is 47.7 Å². The Morgan fingerprint density at radius 2 is 2.04 bits per heavy atom. The lowest BCUT2D eigenvalue weighted by Gasteiger charge is -2.24. The third-order valence-electron chi connectivity index (χ3n) is 4.69. The zero-order chi connectivity index (χ0) is 17.0. The van der Waals surface area contributed by atoms with E-state index in [0.29, 0.717) is 18.2 Å². The fourth-order valence-corrected chi connectivity index (χ4v) is 5.04. The third kappa shape index (κ3) is 6.67. The van der Waals surface area contributed by atoms with E-state index in [2.05, 4.69) is 24.1 Å². The van der Waals surface area contributed by atoms with Crippen LogP contribution in [0.15, 0.2) is 4.99 Å². The van der Waals surface area contributed by atoms with Crippen molar-refractivity contribution < 1.29 is 13.5 Å². The number of aliphatic hydroxyl groups is 1. The Kier molecular flexibility index (Phi) is 8.75. The summed E-state index contributed by atoms with van der Waals surface area (Å²) in [5.41, 5.74) is 0. The van der Waals surface area contributed by atoms with Crippen LogP contribution in [0.5, 0.6) is 0 Å². The van der Waals surface area contributed by atoms with E-state index in [0.717, 1.165) is 38.4 Å². The lowest BCUT2D eigenvalue weighted by molar-refractivity contribution is 0.132. The number of hydrogen-bond donors (Lipinski definition) is 2. The van der Waals surface area contributed by atoms with Crippen LogP contribution >= 0.6 is 24.0 Å². The van der Waals surface area contributed by atoms with Crippen LogP contribution < -0.4 is 5.32 Å². The molecule has 0 aromatic heterocycles. The topological polar surface area (TPSA) is 82.0 Å². The minimum Gasteiger partial charge on any atom is -0.393 e. The molecule has 0 aromatic rings. The van der Waals surface area contributed by atoms with Gasteiger partial charge in [0.1, 0.15) is 0 Å². The van der Waals surface area contributed by atoms with E-state index >= 15 is 0 Å². The summed E-state index contributed by atoms with van der Waals surface area (Å²) >= 11 is 0. The number of likely N-dealkylation sites (tertiary alicyclic amines) is 1. The monoisotopic (exact) mass is 473 g/mol. The SMILES string of the molecule is CC(C)CN=C(NCC1CCS(=O)(=O)C1)N1CCC(C(C)O)C1.I. The van der Waals surface area contributed by atoms with Crippen molar-refractivity contribution in [3.05, 3.63) is 0 Å². The number of rotatable bonds is 5. The van der Waals surface area contributed by atoms with E-state index < -0.39 is 9.84 Å². The van der Waals surface area contributed by atoms with Gasteiger partial charge in [-0.2, -0.15) is 0 Å². The highest BCUT2D eigenvalue weighted by Crippen LogP contribution is 2.21. The van der Waals surface area contributed by atoms with Crippen molar-refractivity contribution in [1.82, 2.24) is 10.2 Å². The fourth-order valence-electron chi connectivity index (χ4n) is 3.18. The Morgan fingerprint density at radius 1 is 1.33 bits per heavy atom. The van der Waals surface area contributed by atoms with Crippen LogP contribution in [0.4, 0.5) is 0 Å². The van der Waals surface area contributed by atoms with Crippen LogP contribution in [-0.2, 0) is 9.84 Å². The van der Waals surface area contributed by atoms with Gasteiger partial charge in [-0.25, -0.2) is 8.42 Å². The van der Waals surface area contributed by atoms with Crippen LogP contribution in [0, 0.1) is 17.8 Å². The molecule has 2 heterocycles. The average molecular weight is 473 g/mol. The standard InChI is InChI=1S/C16H31N3O3S.HI/c1-12(2)8-17-16(19-6-4-15(10-19)13(3)20)18-9-14-5-7-23(21,22)11-14;/h12-15,20H,4-11H2,1-3H3,(H,17,18);1H. The lowest BCUT2D eigenvalue weighted by Crippen LogP contribution is -2.43. The van der Waals surface area contributed by atoms with Crippen LogP contribution in [0.2, 0.25) is 0 Å². The Bertz CT molecular complexity index is 523. The highest BCUT2D eigenvalue weighted by atomic mass is 127. The van der Waals surface area contributed by atoms with E-state index in [1.165, 1.54) is 0 Å². The maximum Gasteiger partial charge on any atom is 0.193 e. The molecule has 0 radical (unpaired) electrons. The lowest BCUT2D eigenvalue weighted by atomic mass is 10.0. The summed E-state index contributed by atoms with van der Waals surface area (Å²) in [5, 5.41) is 13.2. The minimum atomic E-state index is -2.83. The molecule has 0 aliphatic carbocycles. The number of aliphatic imine (C=N–C) groups is 1. The molecule has 6 nitrogen and oxygen atoms in total. The Balaban J connectivity index is 0.00000288. The van der Waals surface area contributed by atoms with Crippen molar-refractivity contribution in [1.29, 1.82) is 0 Å². The molecule has 0 saturated carbocycles. The van der Waals surface area contributed by atoms with Gasteiger partial charge in [-0.3, -0.25) is 4.99 Å². The zero-order valence-corrected chi connectivity index (χ0v) is 18.1. The largest absolute Gasteiger partial charge is 0.393 e. The molecule has 8 heteroatoms. The number of nitrogens with zero attached hydrogens (tertiary/aromatic N) is 2. The van der Waals surface area contributed by atoms with Gasteiger partial charge >= 0.3 is 0 Å². The summed E-state index contributed by atoms with van der Waals surface area (Å²) in [4.78, 5) is 6.89. The molecule has 0 spiro atoms. The Labute approximate surface area is 163 Å². The Hall–Kier alpha value is -0.0900. The van der Waals surface area contributed by atoms with Crippen LogP contribution in [0.25, 0.3) is 0 Å². The maximum atomic E-state index is 11.6. The van der Waals surface area contributed by atoms with Gasteiger partial charge in [0.15, 0.2) is 15.8 Å². The van der Waals surface area contributed by atoms with Gasteiger partial charge in [-0.05, 0) is 31.6 Å². The number of sulfone groups is 1. The Morgan fingerprint density at radius 3 is 2.54 bits per heavy atom. The molecule has 0 amide bonds. The summed E-state index contributed by atoms with van der Waals surface area (Å²) in [6, 6.07) is 0. The van der Waals surface area contributed by atoms with Gasteiger partial charge in [0, 0.05) is 32.1 Å². The van der Waals surface area contributed by atoms with E-state index in [9.17, 15) is 13.5 Å². The molecule has 0 aromatic carbocycles. The molecular weight excluding hydrogens is 441 g/mol. The van der Waals surface area contributed by atoms with Crippen LogP contribution in [0.3, 0.4) is 0 Å². The van der Waals surface area contributed by atoms with Gasteiger partial charge in [-0.1, -0.05) is 13.8 Å². The highest BCUT2D eigenvalue weighted by molar-refractivity contribution is 14.0. The molecule has 2 saturated heterocycles. The van der Waals surface area contributed by atoms with Crippen LogP contribution in [-0.4, -0.2) is 68.2 Å². The third-order valence-corrected chi connectivity index (χ3v) is 6.53. The second kappa shape index (κ2) is 9.56. The first kappa shape index (κ1) is 22.0. The average Bonchev–Trinajstić information content (AvgIpc) is 3.05. The summed E-state index contributed by atoms with van der Waals surface area (Å²) in [6.07, 6.45) is 1.41. The smallest absolute Gasteiger partial charge is 0.193 e. The molecule has 142 valence electrons. The summed E-state index contributed by atoms with van der Waals surface area (Å²) in [6.45, 7) is 9.22. The van der Waals surface area contributed by atoms with Crippen molar-refractivity contribution in [3.8, 4) is 0 Å². The molecule has 24 heavy (non-hydrogen) atoms. The van der Waals surface area contributed by atoms with E-state index in [4.69, 9.17) is 4.99 Å². The predicted molar refractivity (Wildman–Crippen MR) is 109 cm³/mol. The second-order valence-electron chi connectivity index (χ2n) is 7.44. The van der Waals surface area contributed by atoms with Crippen molar-refractivity contribution in [3.63, 3.8) is 0 Å². The van der Waals surface area contributed by atoms with Crippen molar-refractivity contribution >= 4 is 39.8 Å². The number of hydrogen-bond acceptors (Lipinski definition) is 4. The number of guanidine groups is 1. The second-order valence-corrected chi connectivity index (χ2v) is 9.67. The molecular formula is C16H32IN3O3S. The van der Waals surface area contributed by atoms with E-state index in [1.54, 1.807) is 0 Å². The van der Waals surface area contributed by atoms with E-state index in [1.807, 2.05) is 6.92 Å². The summed E-state index contributed by atoms with van der Waals surface area (Å²) in [7, 11) is -2.83. The maximum absolute atomic E-state index is 11.6. The molecule has 2 rings (SSSR count). The van der Waals surface area contributed by atoms with Crippen molar-refractivity contribution in [2.45, 2.75) is 39.7 Å². The molecule has 2 fully saturated rings. The molecule has 3 atom stereocenters. The zero-order valence-electron chi connectivity index (χ0n) is 14.9. The minimum absolute atomic E-state index is 0. The quantitative estimate of drug-likeness (QED) is 0.358. The van der Waals surface area contributed by atoms with Crippen LogP contribution in [0.1, 0.15) is 33.6 Å². The molecule has 2 aliphatic rings. The van der Waals surface area contributed by atoms with Gasteiger partial charge in [-0.15, -0.1) is 24.0 Å². The molecule has 2 aliphatic heterocycles. The number of aliphatic hydroxyl groups excluding tert-OH is 1. The first-order valence-electron chi connectivity index (χ1n) is 8.68. The number of halogens is 1. The normalized spacial score (nSPS) is 28.0. The fraction of sp³-hybridized carbons (Fsp3) is 0.938. The molecule has 0 bridgehead atoms.